The van der Waals surface area contributed by atoms with Crippen molar-refractivity contribution in [1.29, 1.82) is 0 Å². The van der Waals surface area contributed by atoms with Gasteiger partial charge in [-0.25, -0.2) is 0 Å². The predicted octanol–water partition coefficient (Wildman–Crippen LogP) is 0.568. The Morgan fingerprint density at radius 3 is 2.81 bits per heavy atom. The van der Waals surface area contributed by atoms with Crippen LogP contribution in [-0.4, -0.2) is 32.4 Å². The number of aromatic hydroxyl groups is 2. The monoisotopic (exact) mass is 290 g/mol. The maximum absolute atomic E-state index is 12.0. The zero-order chi connectivity index (χ0) is 15.4. The Balaban J connectivity index is 1.94. The van der Waals surface area contributed by atoms with Crippen LogP contribution >= 0.6 is 0 Å². The van der Waals surface area contributed by atoms with E-state index in [0.717, 1.165) is 5.56 Å². The summed E-state index contributed by atoms with van der Waals surface area (Å²) in [6, 6.07) is 3.42. The molecular weight excluding hydrogens is 272 g/mol. The minimum Gasteiger partial charge on any atom is -0.504 e. The molecule has 1 unspecified atom stereocenters. The van der Waals surface area contributed by atoms with E-state index >= 15 is 0 Å². The fraction of sp³-hybridized carbons (Fsp3) is 0.286. The molecule has 2 aromatic rings. The van der Waals surface area contributed by atoms with Crippen LogP contribution in [0.2, 0.25) is 0 Å². The van der Waals surface area contributed by atoms with Gasteiger partial charge in [0.25, 0.3) is 0 Å². The molecule has 0 radical (unpaired) electrons. The highest BCUT2D eigenvalue weighted by molar-refractivity contribution is 5.82. The van der Waals surface area contributed by atoms with Crippen molar-refractivity contribution >= 4 is 5.91 Å². The molecule has 0 aliphatic heterocycles. The number of rotatable bonds is 5. The molecule has 0 spiro atoms. The maximum Gasteiger partial charge on any atom is 0.237 e. The zero-order valence-corrected chi connectivity index (χ0v) is 11.6. The second-order valence-corrected chi connectivity index (χ2v) is 4.90. The summed E-state index contributed by atoms with van der Waals surface area (Å²) in [4.78, 5) is 12.0. The molecule has 0 saturated heterocycles. The number of benzene rings is 1. The SMILES string of the molecule is CC(NC(=O)[C@@H](N)Cc1ccc(O)c(O)c1)c1cn[nH]c1. The smallest absolute Gasteiger partial charge is 0.237 e. The first-order valence-electron chi connectivity index (χ1n) is 6.53. The van der Waals surface area contributed by atoms with Crippen LogP contribution in [0.1, 0.15) is 24.1 Å². The van der Waals surface area contributed by atoms with Crippen molar-refractivity contribution in [3.8, 4) is 11.5 Å². The van der Waals surface area contributed by atoms with Gasteiger partial charge in [-0.3, -0.25) is 9.89 Å². The van der Waals surface area contributed by atoms with E-state index in [-0.39, 0.29) is 29.9 Å². The fourth-order valence-corrected chi connectivity index (χ4v) is 1.94. The van der Waals surface area contributed by atoms with Crippen molar-refractivity contribution in [2.45, 2.75) is 25.4 Å². The van der Waals surface area contributed by atoms with E-state index < -0.39 is 6.04 Å². The second-order valence-electron chi connectivity index (χ2n) is 4.90. The molecule has 0 fully saturated rings. The minimum absolute atomic E-state index is 0.199. The van der Waals surface area contributed by atoms with E-state index in [4.69, 9.17) is 5.73 Å². The summed E-state index contributed by atoms with van der Waals surface area (Å²) in [7, 11) is 0. The van der Waals surface area contributed by atoms with Gasteiger partial charge in [0.05, 0.1) is 18.3 Å². The Bertz CT molecular complexity index is 613. The molecule has 1 aromatic carbocycles. The number of phenols is 2. The Hall–Kier alpha value is -2.54. The number of hydrogen-bond donors (Lipinski definition) is 5. The minimum atomic E-state index is -0.747. The van der Waals surface area contributed by atoms with Gasteiger partial charge in [-0.1, -0.05) is 6.07 Å². The van der Waals surface area contributed by atoms with Crippen LogP contribution in [0.4, 0.5) is 0 Å². The first-order chi connectivity index (χ1) is 9.97. The van der Waals surface area contributed by atoms with Crippen LogP contribution in [-0.2, 0) is 11.2 Å². The molecule has 0 saturated carbocycles. The second kappa shape index (κ2) is 6.27. The molecule has 0 aliphatic rings. The highest BCUT2D eigenvalue weighted by atomic mass is 16.3. The van der Waals surface area contributed by atoms with Crippen molar-refractivity contribution < 1.29 is 15.0 Å². The van der Waals surface area contributed by atoms with Gasteiger partial charge >= 0.3 is 0 Å². The number of nitrogens with two attached hydrogens (primary N) is 1. The van der Waals surface area contributed by atoms with Crippen molar-refractivity contribution in [3.05, 3.63) is 41.7 Å². The molecule has 2 rings (SSSR count). The lowest BCUT2D eigenvalue weighted by molar-refractivity contribution is -0.123. The van der Waals surface area contributed by atoms with Gasteiger partial charge in [-0.05, 0) is 31.0 Å². The van der Waals surface area contributed by atoms with Crippen molar-refractivity contribution in [3.63, 3.8) is 0 Å². The average molecular weight is 290 g/mol. The van der Waals surface area contributed by atoms with Gasteiger partial charge in [0, 0.05) is 11.8 Å². The zero-order valence-electron chi connectivity index (χ0n) is 11.6. The molecule has 6 N–H and O–H groups in total. The van der Waals surface area contributed by atoms with E-state index in [2.05, 4.69) is 15.5 Å². The lowest BCUT2D eigenvalue weighted by atomic mass is 10.0. The predicted molar refractivity (Wildman–Crippen MR) is 76.6 cm³/mol. The Morgan fingerprint density at radius 1 is 1.43 bits per heavy atom. The number of carbonyl (C=O) groups excluding carboxylic acids is 1. The number of phenolic OH excluding ortho intramolecular Hbond substituents is 2. The van der Waals surface area contributed by atoms with E-state index in [9.17, 15) is 15.0 Å². The van der Waals surface area contributed by atoms with Gasteiger partial charge in [0.1, 0.15) is 0 Å². The third-order valence-corrected chi connectivity index (χ3v) is 3.21. The normalized spacial score (nSPS) is 13.6. The van der Waals surface area contributed by atoms with Gasteiger partial charge in [-0.15, -0.1) is 0 Å². The number of hydrogen-bond acceptors (Lipinski definition) is 5. The van der Waals surface area contributed by atoms with E-state index in [1.54, 1.807) is 18.5 Å². The number of amides is 1. The molecule has 1 heterocycles. The van der Waals surface area contributed by atoms with Crippen LogP contribution in [0.3, 0.4) is 0 Å². The summed E-state index contributed by atoms with van der Waals surface area (Å²) < 4.78 is 0. The molecule has 0 bridgehead atoms. The van der Waals surface area contributed by atoms with Crippen LogP contribution in [0.25, 0.3) is 0 Å². The molecule has 1 amide bonds. The standard InChI is InChI=1S/C14H18N4O3/c1-8(10-6-16-17-7-10)18-14(21)11(15)4-9-2-3-12(19)13(20)5-9/h2-3,5-8,11,19-20H,4,15H2,1H3,(H,16,17)(H,18,21)/t8?,11-/m0/s1. The summed E-state index contributed by atoms with van der Waals surface area (Å²) in [6.07, 6.45) is 3.60. The summed E-state index contributed by atoms with van der Waals surface area (Å²) >= 11 is 0. The number of aromatic nitrogens is 2. The number of aromatic amines is 1. The molecule has 2 atom stereocenters. The maximum atomic E-state index is 12.0. The highest BCUT2D eigenvalue weighted by Gasteiger charge is 2.18. The average Bonchev–Trinajstić information content (AvgIpc) is 2.97. The van der Waals surface area contributed by atoms with Gasteiger partial charge in [0.2, 0.25) is 5.91 Å². The lowest BCUT2D eigenvalue weighted by Crippen LogP contribution is -2.42. The Kier molecular flexibility index (Phi) is 4.44. The first-order valence-corrected chi connectivity index (χ1v) is 6.53. The highest BCUT2D eigenvalue weighted by Crippen LogP contribution is 2.25. The summed E-state index contributed by atoms with van der Waals surface area (Å²) in [6.45, 7) is 1.84. The number of nitrogens with zero attached hydrogens (tertiary/aromatic N) is 1. The molecule has 112 valence electrons. The Labute approximate surface area is 121 Å². The summed E-state index contributed by atoms with van der Waals surface area (Å²) in [5, 5.41) is 28.0. The third kappa shape index (κ3) is 3.73. The molecule has 0 aliphatic carbocycles. The van der Waals surface area contributed by atoms with Crippen molar-refractivity contribution in [2.24, 2.45) is 5.73 Å². The van der Waals surface area contributed by atoms with Crippen LogP contribution < -0.4 is 11.1 Å². The lowest BCUT2D eigenvalue weighted by Gasteiger charge is -2.16. The van der Waals surface area contributed by atoms with Crippen LogP contribution in [0, 0.1) is 0 Å². The van der Waals surface area contributed by atoms with Gasteiger partial charge < -0.3 is 21.3 Å². The van der Waals surface area contributed by atoms with Gasteiger partial charge in [0.15, 0.2) is 11.5 Å². The molecular formula is C14H18N4O3. The van der Waals surface area contributed by atoms with Crippen molar-refractivity contribution in [2.75, 3.05) is 0 Å². The molecule has 7 heteroatoms. The first kappa shape index (κ1) is 14.9. The summed E-state index contributed by atoms with van der Waals surface area (Å²) in [5.74, 6) is -0.728. The Morgan fingerprint density at radius 2 is 2.19 bits per heavy atom. The van der Waals surface area contributed by atoms with Crippen LogP contribution in [0.15, 0.2) is 30.6 Å². The number of carbonyl (C=O) groups is 1. The van der Waals surface area contributed by atoms with Crippen molar-refractivity contribution in [1.82, 2.24) is 15.5 Å². The van der Waals surface area contributed by atoms with E-state index in [0.29, 0.717) is 5.56 Å². The number of H-pyrrole nitrogens is 1. The van der Waals surface area contributed by atoms with E-state index in [1.165, 1.54) is 12.1 Å². The summed E-state index contributed by atoms with van der Waals surface area (Å²) in [5.41, 5.74) is 7.39. The van der Waals surface area contributed by atoms with Crippen LogP contribution in [0.5, 0.6) is 11.5 Å². The fourth-order valence-electron chi connectivity index (χ4n) is 1.94. The third-order valence-electron chi connectivity index (χ3n) is 3.21. The molecule has 21 heavy (non-hydrogen) atoms. The van der Waals surface area contributed by atoms with E-state index in [1.807, 2.05) is 6.92 Å². The van der Waals surface area contributed by atoms with Gasteiger partial charge in [-0.2, -0.15) is 5.10 Å². The number of nitrogens with one attached hydrogen (secondary N) is 2. The largest absolute Gasteiger partial charge is 0.504 e. The topological polar surface area (TPSA) is 124 Å². The molecule has 1 aromatic heterocycles. The quantitative estimate of drug-likeness (QED) is 0.515. The molecule has 7 nitrogen and oxygen atoms in total.